The molecule has 0 aliphatic carbocycles. The van der Waals surface area contributed by atoms with E-state index in [1.165, 1.54) is 5.56 Å². The molecule has 2 fully saturated rings. The Balaban J connectivity index is 1.32. The first-order valence-corrected chi connectivity index (χ1v) is 10.7. The van der Waals surface area contributed by atoms with Gasteiger partial charge in [-0.25, -0.2) is 0 Å². The summed E-state index contributed by atoms with van der Waals surface area (Å²) in [6.45, 7) is 4.20. The minimum absolute atomic E-state index is 0.0161. The maximum atomic E-state index is 13.3. The number of fused-ring (bicyclic) bond motifs is 2. The number of nitrogens with zero attached hydrogens (tertiary/aromatic N) is 1. The number of nitrogens with one attached hydrogen (secondary N) is 1. The largest absolute Gasteiger partial charge is 0.493 e. The number of carbonyl (C=O) groups is 2. The lowest BCUT2D eigenvalue weighted by Crippen LogP contribution is -2.44. The van der Waals surface area contributed by atoms with Crippen LogP contribution in [0.25, 0.3) is 0 Å². The zero-order valence-corrected chi connectivity index (χ0v) is 17.4. The summed E-state index contributed by atoms with van der Waals surface area (Å²) in [5.41, 5.74) is 1.55. The third kappa shape index (κ3) is 3.03. The molecular formula is C23H28N2O5. The third-order valence-electron chi connectivity index (χ3n) is 6.84. The van der Waals surface area contributed by atoms with E-state index in [2.05, 4.69) is 11.4 Å². The van der Waals surface area contributed by atoms with Crippen LogP contribution in [0, 0.1) is 11.8 Å². The highest BCUT2D eigenvalue weighted by Gasteiger charge is 2.66. The molecule has 0 unspecified atom stereocenters. The first kappa shape index (κ1) is 19.6. The molecule has 2 bridgehead atoms. The summed E-state index contributed by atoms with van der Waals surface area (Å²) in [4.78, 5) is 28.1. The summed E-state index contributed by atoms with van der Waals surface area (Å²) in [6.07, 6.45) is 5.57. The van der Waals surface area contributed by atoms with Crippen molar-refractivity contribution in [1.82, 2.24) is 10.2 Å². The van der Waals surface area contributed by atoms with Gasteiger partial charge in [0.25, 0.3) is 0 Å². The first-order chi connectivity index (χ1) is 14.5. The van der Waals surface area contributed by atoms with Crippen LogP contribution in [0.4, 0.5) is 0 Å². The van der Waals surface area contributed by atoms with E-state index in [9.17, 15) is 9.59 Å². The van der Waals surface area contributed by atoms with Crippen molar-refractivity contribution in [2.24, 2.45) is 11.8 Å². The molecular weight excluding hydrogens is 384 g/mol. The van der Waals surface area contributed by atoms with Gasteiger partial charge in [-0.15, -0.1) is 0 Å². The van der Waals surface area contributed by atoms with Crippen molar-refractivity contribution in [2.75, 3.05) is 33.4 Å². The Morgan fingerprint density at radius 3 is 3.13 bits per heavy atom. The summed E-state index contributed by atoms with van der Waals surface area (Å²) in [5.74, 6) is -0.172. The standard InChI is InChI=1S/C23H28N2O5/c1-14(15-5-6-17-16(12-15)4-3-10-29-17)24-21(26)19-18-7-8-23(30-18)13-25(9-11-28-2)22(27)20(19)23/h5-8,12,14,18-20H,3-4,9-11,13H2,1-2H3,(H,24,26)/t14-,18-,19+,20-,23-/m1/s1. The minimum Gasteiger partial charge on any atom is -0.493 e. The molecule has 2 amide bonds. The van der Waals surface area contributed by atoms with E-state index < -0.39 is 17.4 Å². The molecule has 4 aliphatic rings. The molecule has 0 aromatic heterocycles. The second-order valence-corrected chi connectivity index (χ2v) is 8.70. The van der Waals surface area contributed by atoms with Crippen LogP contribution >= 0.6 is 0 Å². The van der Waals surface area contributed by atoms with Crippen LogP contribution in [-0.4, -0.2) is 61.8 Å². The first-order valence-electron chi connectivity index (χ1n) is 10.7. The highest BCUT2D eigenvalue weighted by Crippen LogP contribution is 2.51. The van der Waals surface area contributed by atoms with E-state index in [4.69, 9.17) is 14.2 Å². The molecule has 30 heavy (non-hydrogen) atoms. The molecule has 1 aromatic carbocycles. The van der Waals surface area contributed by atoms with Crippen LogP contribution in [-0.2, 0) is 25.5 Å². The van der Waals surface area contributed by atoms with Crippen LogP contribution in [0.5, 0.6) is 5.75 Å². The molecule has 4 aliphatic heterocycles. The molecule has 160 valence electrons. The second kappa shape index (κ2) is 7.39. The fourth-order valence-electron chi connectivity index (χ4n) is 5.31. The highest BCUT2D eigenvalue weighted by atomic mass is 16.5. The van der Waals surface area contributed by atoms with E-state index in [1.807, 2.05) is 31.2 Å². The van der Waals surface area contributed by atoms with E-state index in [1.54, 1.807) is 12.0 Å². The fourth-order valence-corrected chi connectivity index (χ4v) is 5.31. The van der Waals surface area contributed by atoms with Crippen molar-refractivity contribution in [3.05, 3.63) is 41.5 Å². The summed E-state index contributed by atoms with van der Waals surface area (Å²) in [6, 6.07) is 5.94. The molecule has 0 saturated carbocycles. The number of methoxy groups -OCH3 is 1. The Labute approximate surface area is 176 Å². The summed E-state index contributed by atoms with van der Waals surface area (Å²) in [7, 11) is 1.62. The third-order valence-corrected chi connectivity index (χ3v) is 6.84. The van der Waals surface area contributed by atoms with Crippen LogP contribution in [0.2, 0.25) is 0 Å². The van der Waals surface area contributed by atoms with Crippen molar-refractivity contribution in [3.63, 3.8) is 0 Å². The van der Waals surface area contributed by atoms with Gasteiger partial charge in [-0.1, -0.05) is 24.3 Å². The smallest absolute Gasteiger partial charge is 0.230 e. The zero-order chi connectivity index (χ0) is 20.9. The van der Waals surface area contributed by atoms with Gasteiger partial charge in [0.1, 0.15) is 11.4 Å². The van der Waals surface area contributed by atoms with Gasteiger partial charge in [-0.3, -0.25) is 9.59 Å². The number of likely N-dealkylation sites (tertiary alicyclic amines) is 1. The topological polar surface area (TPSA) is 77.1 Å². The van der Waals surface area contributed by atoms with Gasteiger partial charge < -0.3 is 24.4 Å². The van der Waals surface area contributed by atoms with E-state index >= 15 is 0 Å². The van der Waals surface area contributed by atoms with E-state index in [0.29, 0.717) is 19.7 Å². The fraction of sp³-hybridized carbons (Fsp3) is 0.565. The quantitative estimate of drug-likeness (QED) is 0.719. The molecule has 4 heterocycles. The molecule has 2 saturated heterocycles. The molecule has 5 rings (SSSR count). The Bertz CT molecular complexity index is 900. The molecule has 7 nitrogen and oxygen atoms in total. The maximum absolute atomic E-state index is 13.3. The number of carbonyl (C=O) groups excluding carboxylic acids is 2. The lowest BCUT2D eigenvalue weighted by Gasteiger charge is -2.26. The van der Waals surface area contributed by atoms with Gasteiger partial charge in [0, 0.05) is 13.7 Å². The Morgan fingerprint density at radius 2 is 2.30 bits per heavy atom. The summed E-state index contributed by atoms with van der Waals surface area (Å²) in [5, 5.41) is 3.13. The van der Waals surface area contributed by atoms with Crippen molar-refractivity contribution >= 4 is 11.8 Å². The zero-order valence-electron chi connectivity index (χ0n) is 17.4. The van der Waals surface area contributed by atoms with Crippen molar-refractivity contribution in [2.45, 2.75) is 37.5 Å². The number of benzene rings is 1. The summed E-state index contributed by atoms with van der Waals surface area (Å²) < 4.78 is 17.0. The molecule has 5 atom stereocenters. The van der Waals surface area contributed by atoms with Crippen molar-refractivity contribution in [3.8, 4) is 5.75 Å². The van der Waals surface area contributed by atoms with Gasteiger partial charge >= 0.3 is 0 Å². The molecule has 0 radical (unpaired) electrons. The van der Waals surface area contributed by atoms with Crippen LogP contribution in [0.1, 0.15) is 30.5 Å². The maximum Gasteiger partial charge on any atom is 0.230 e. The Morgan fingerprint density at radius 1 is 1.43 bits per heavy atom. The highest BCUT2D eigenvalue weighted by molar-refractivity contribution is 5.93. The molecule has 1 spiro atoms. The lowest BCUT2D eigenvalue weighted by molar-refractivity contribution is -0.138. The van der Waals surface area contributed by atoms with E-state index in [0.717, 1.165) is 30.8 Å². The minimum atomic E-state index is -0.677. The normalized spacial score (nSPS) is 32.0. The molecule has 7 heteroatoms. The van der Waals surface area contributed by atoms with Gasteiger partial charge in [0.15, 0.2) is 0 Å². The van der Waals surface area contributed by atoms with Gasteiger partial charge in [0.2, 0.25) is 11.8 Å². The van der Waals surface area contributed by atoms with Gasteiger partial charge in [0.05, 0.1) is 43.7 Å². The van der Waals surface area contributed by atoms with Gasteiger partial charge in [-0.2, -0.15) is 0 Å². The number of hydrogen-bond acceptors (Lipinski definition) is 5. The Hall–Kier alpha value is -2.38. The van der Waals surface area contributed by atoms with Crippen molar-refractivity contribution < 1.29 is 23.8 Å². The average Bonchev–Trinajstić information content (AvgIpc) is 3.40. The number of amides is 2. The van der Waals surface area contributed by atoms with Crippen LogP contribution in [0.3, 0.4) is 0 Å². The molecule has 1 aromatic rings. The number of hydrogen-bond donors (Lipinski definition) is 1. The van der Waals surface area contributed by atoms with Gasteiger partial charge in [-0.05, 0) is 37.0 Å². The van der Waals surface area contributed by atoms with Crippen molar-refractivity contribution in [1.29, 1.82) is 0 Å². The Kier molecular flexibility index (Phi) is 4.82. The average molecular weight is 412 g/mol. The SMILES string of the molecule is COCCN1C[C@@]23C=C[C@@H](O2)[C@H](C(=O)N[C@H](C)c2ccc4c(c2)CCCO4)[C@@H]3C1=O. The predicted octanol–water partition coefficient (Wildman–Crippen LogP) is 1.62. The predicted molar refractivity (Wildman–Crippen MR) is 109 cm³/mol. The van der Waals surface area contributed by atoms with Crippen LogP contribution < -0.4 is 10.1 Å². The monoisotopic (exact) mass is 412 g/mol. The number of aryl methyl sites for hydroxylation is 1. The second-order valence-electron chi connectivity index (χ2n) is 8.70. The van der Waals surface area contributed by atoms with E-state index in [-0.39, 0.29) is 24.0 Å². The van der Waals surface area contributed by atoms with Crippen LogP contribution in [0.15, 0.2) is 30.4 Å². The number of ether oxygens (including phenoxy) is 3. The molecule has 1 N–H and O–H groups in total. The summed E-state index contributed by atoms with van der Waals surface area (Å²) >= 11 is 0. The number of rotatable bonds is 6. The lowest BCUT2D eigenvalue weighted by atomic mass is 9.76.